The summed E-state index contributed by atoms with van der Waals surface area (Å²) < 4.78 is 10.5. The van der Waals surface area contributed by atoms with Crippen LogP contribution in [0.25, 0.3) is 0 Å². The molecule has 0 aromatic carbocycles. The molecule has 124 valence electrons. The van der Waals surface area contributed by atoms with Gasteiger partial charge < -0.3 is 9.47 Å². The van der Waals surface area contributed by atoms with Crippen LogP contribution in [-0.4, -0.2) is 25.2 Å². The third-order valence-electron chi connectivity index (χ3n) is 3.69. The van der Waals surface area contributed by atoms with Gasteiger partial charge in [-0.25, -0.2) is 0 Å². The zero-order chi connectivity index (χ0) is 16.5. The molecule has 0 aromatic heterocycles. The van der Waals surface area contributed by atoms with Gasteiger partial charge in [-0.3, -0.25) is 9.59 Å². The van der Waals surface area contributed by atoms with E-state index in [2.05, 4.69) is 0 Å². The van der Waals surface area contributed by atoms with Crippen molar-refractivity contribution in [3.63, 3.8) is 0 Å². The number of hydrogen-bond donors (Lipinski definition) is 0. The average molecular weight is 300 g/mol. The van der Waals surface area contributed by atoms with Crippen LogP contribution in [0.5, 0.6) is 0 Å². The van der Waals surface area contributed by atoms with Crippen molar-refractivity contribution in [3.8, 4) is 0 Å². The highest BCUT2D eigenvalue weighted by Gasteiger charge is 2.33. The number of carbonyl (C=O) groups excluding carboxylic acids is 2. The normalized spacial score (nSPS) is 11.8. The first-order valence-electron chi connectivity index (χ1n) is 8.06. The predicted octanol–water partition coefficient (Wildman–Crippen LogP) is 3.97. The van der Waals surface area contributed by atoms with Gasteiger partial charge in [0.05, 0.1) is 26.1 Å². The monoisotopic (exact) mass is 300 g/mol. The maximum atomic E-state index is 12.0. The quantitative estimate of drug-likeness (QED) is 0.573. The summed E-state index contributed by atoms with van der Waals surface area (Å²) in [6, 6.07) is 0. The van der Waals surface area contributed by atoms with Gasteiger partial charge in [-0.2, -0.15) is 0 Å². The number of esters is 2. The fourth-order valence-electron chi connectivity index (χ4n) is 2.05. The molecule has 0 saturated carbocycles. The first-order chi connectivity index (χ1) is 9.74. The molecule has 4 nitrogen and oxygen atoms in total. The highest BCUT2D eigenvalue weighted by molar-refractivity contribution is 5.74. The molecule has 0 heterocycles. The van der Waals surface area contributed by atoms with Crippen LogP contribution >= 0.6 is 0 Å². The van der Waals surface area contributed by atoms with Gasteiger partial charge in [0.25, 0.3) is 0 Å². The van der Waals surface area contributed by atoms with Crippen LogP contribution in [0.4, 0.5) is 0 Å². The van der Waals surface area contributed by atoms with Crippen LogP contribution in [0.15, 0.2) is 0 Å². The van der Waals surface area contributed by atoms with Crippen LogP contribution < -0.4 is 0 Å². The summed E-state index contributed by atoms with van der Waals surface area (Å²) >= 11 is 0. The molecular formula is C17H32O4. The van der Waals surface area contributed by atoms with E-state index in [1.54, 1.807) is 0 Å². The van der Waals surface area contributed by atoms with Gasteiger partial charge in [-0.15, -0.1) is 0 Å². The Morgan fingerprint density at radius 1 is 0.810 bits per heavy atom. The SMILES string of the molecule is CCC(CC)(CC(=O)OCC(C)C)CC(=O)OCC(C)C. The average Bonchev–Trinajstić information content (AvgIpc) is 2.42. The number of rotatable bonds is 10. The highest BCUT2D eigenvalue weighted by atomic mass is 16.5. The summed E-state index contributed by atoms with van der Waals surface area (Å²) in [4.78, 5) is 23.9. The molecule has 0 unspecified atom stereocenters. The lowest BCUT2D eigenvalue weighted by Crippen LogP contribution is -2.29. The van der Waals surface area contributed by atoms with E-state index >= 15 is 0 Å². The van der Waals surface area contributed by atoms with E-state index in [-0.39, 0.29) is 30.2 Å². The fourth-order valence-corrected chi connectivity index (χ4v) is 2.05. The largest absolute Gasteiger partial charge is 0.465 e. The molecule has 0 bridgehead atoms. The Kier molecular flexibility index (Phi) is 9.31. The summed E-state index contributed by atoms with van der Waals surface area (Å²) in [6.07, 6.45) is 2.08. The second kappa shape index (κ2) is 9.80. The smallest absolute Gasteiger partial charge is 0.306 e. The molecule has 21 heavy (non-hydrogen) atoms. The number of ether oxygens (including phenoxy) is 2. The first-order valence-corrected chi connectivity index (χ1v) is 8.06. The standard InChI is InChI=1S/C17H32O4/c1-7-17(8-2,9-15(18)20-11-13(3)4)10-16(19)21-12-14(5)6/h13-14H,7-12H2,1-6H3. The van der Waals surface area contributed by atoms with Gasteiger partial charge in [0.1, 0.15) is 0 Å². The van der Waals surface area contributed by atoms with Crippen molar-refractivity contribution in [1.82, 2.24) is 0 Å². The van der Waals surface area contributed by atoms with E-state index in [0.717, 1.165) is 12.8 Å². The van der Waals surface area contributed by atoms with Crippen molar-refractivity contribution < 1.29 is 19.1 Å². The lowest BCUT2D eigenvalue weighted by molar-refractivity contribution is -0.152. The summed E-state index contributed by atoms with van der Waals surface area (Å²) in [6.45, 7) is 12.9. The Morgan fingerprint density at radius 2 is 1.14 bits per heavy atom. The van der Waals surface area contributed by atoms with E-state index in [1.165, 1.54) is 0 Å². The third-order valence-corrected chi connectivity index (χ3v) is 3.69. The summed E-state index contributed by atoms with van der Waals surface area (Å²) in [5, 5.41) is 0. The molecule has 4 heteroatoms. The molecule has 0 aliphatic rings. The summed E-state index contributed by atoms with van der Waals surface area (Å²) in [5.41, 5.74) is -0.345. The molecule has 0 amide bonds. The van der Waals surface area contributed by atoms with E-state index in [9.17, 15) is 9.59 Å². The highest BCUT2D eigenvalue weighted by Crippen LogP contribution is 2.35. The Labute approximate surface area is 129 Å². The predicted molar refractivity (Wildman–Crippen MR) is 83.8 cm³/mol. The van der Waals surface area contributed by atoms with Crippen LogP contribution in [-0.2, 0) is 19.1 Å². The maximum absolute atomic E-state index is 12.0. The Hall–Kier alpha value is -1.06. The van der Waals surface area contributed by atoms with Gasteiger partial charge in [0, 0.05) is 0 Å². The zero-order valence-electron chi connectivity index (χ0n) is 14.5. The summed E-state index contributed by atoms with van der Waals surface area (Å²) in [7, 11) is 0. The first kappa shape index (κ1) is 19.9. The minimum Gasteiger partial charge on any atom is -0.465 e. The molecule has 0 N–H and O–H groups in total. The molecular weight excluding hydrogens is 268 g/mol. The maximum Gasteiger partial charge on any atom is 0.306 e. The van der Waals surface area contributed by atoms with E-state index in [4.69, 9.17) is 9.47 Å². The molecule has 0 aliphatic carbocycles. The topological polar surface area (TPSA) is 52.6 Å². The van der Waals surface area contributed by atoms with Gasteiger partial charge in [-0.05, 0) is 30.1 Å². The summed E-state index contributed by atoms with van der Waals surface area (Å²) in [5.74, 6) is 0.207. The van der Waals surface area contributed by atoms with Crippen molar-refractivity contribution in [2.75, 3.05) is 13.2 Å². The number of carbonyl (C=O) groups is 2. The molecule has 0 rings (SSSR count). The van der Waals surface area contributed by atoms with Crippen molar-refractivity contribution in [2.24, 2.45) is 17.3 Å². The number of hydrogen-bond acceptors (Lipinski definition) is 4. The van der Waals surface area contributed by atoms with Crippen molar-refractivity contribution >= 4 is 11.9 Å². The Balaban J connectivity index is 4.53. The minimum atomic E-state index is -0.345. The fraction of sp³-hybridized carbons (Fsp3) is 0.882. The minimum absolute atomic E-state index is 0.218. The van der Waals surface area contributed by atoms with Crippen molar-refractivity contribution in [3.05, 3.63) is 0 Å². The van der Waals surface area contributed by atoms with Crippen LogP contribution in [0.2, 0.25) is 0 Å². The second-order valence-corrected chi connectivity index (χ2v) is 6.71. The van der Waals surface area contributed by atoms with Crippen LogP contribution in [0.3, 0.4) is 0 Å². The van der Waals surface area contributed by atoms with Crippen molar-refractivity contribution in [2.45, 2.75) is 67.2 Å². The molecule has 0 atom stereocenters. The Bertz CT molecular complexity index is 289. The van der Waals surface area contributed by atoms with E-state index < -0.39 is 0 Å². The molecule has 0 radical (unpaired) electrons. The third kappa shape index (κ3) is 8.74. The lowest BCUT2D eigenvalue weighted by atomic mass is 9.76. The van der Waals surface area contributed by atoms with Gasteiger partial charge in [-0.1, -0.05) is 41.5 Å². The van der Waals surface area contributed by atoms with Crippen LogP contribution in [0, 0.1) is 17.3 Å². The zero-order valence-corrected chi connectivity index (χ0v) is 14.5. The Morgan fingerprint density at radius 3 is 1.38 bits per heavy atom. The van der Waals surface area contributed by atoms with Gasteiger partial charge in [0.15, 0.2) is 0 Å². The molecule has 0 aliphatic heterocycles. The van der Waals surface area contributed by atoms with Gasteiger partial charge >= 0.3 is 11.9 Å². The van der Waals surface area contributed by atoms with E-state index in [0.29, 0.717) is 25.0 Å². The molecule has 0 fully saturated rings. The van der Waals surface area contributed by atoms with Gasteiger partial charge in [0.2, 0.25) is 0 Å². The second-order valence-electron chi connectivity index (χ2n) is 6.71. The van der Waals surface area contributed by atoms with Crippen LogP contribution in [0.1, 0.15) is 67.2 Å². The molecule has 0 saturated heterocycles. The van der Waals surface area contributed by atoms with E-state index in [1.807, 2.05) is 41.5 Å². The molecule has 0 aromatic rings. The molecule has 0 spiro atoms. The lowest BCUT2D eigenvalue weighted by Gasteiger charge is -2.30. The van der Waals surface area contributed by atoms with Crippen molar-refractivity contribution in [1.29, 1.82) is 0 Å².